The number of sulfonamides is 1. The fraction of sp³-hybridized carbons (Fsp3) is 0.526. The summed E-state index contributed by atoms with van der Waals surface area (Å²) in [5.41, 5.74) is -0.574. The summed E-state index contributed by atoms with van der Waals surface area (Å²) in [7, 11) is -3.90. The average molecular weight is 779 g/mol. The van der Waals surface area contributed by atoms with Gasteiger partial charge in [-0.1, -0.05) is 45.0 Å². The van der Waals surface area contributed by atoms with Crippen molar-refractivity contribution < 1.29 is 37.1 Å². The number of ether oxygens (including phenoxy) is 2. The Morgan fingerprint density at radius 2 is 1.72 bits per heavy atom. The summed E-state index contributed by atoms with van der Waals surface area (Å²) < 4.78 is 39.8. The lowest BCUT2D eigenvalue weighted by atomic mass is 9.85. The number of likely N-dealkylation sites (tertiary alicyclic amines) is 1. The van der Waals surface area contributed by atoms with E-state index < -0.39 is 74.1 Å². The van der Waals surface area contributed by atoms with Gasteiger partial charge in [-0.3, -0.25) is 19.1 Å². The van der Waals surface area contributed by atoms with Crippen molar-refractivity contribution in [2.75, 3.05) is 6.54 Å². The maximum absolute atomic E-state index is 14.6. The summed E-state index contributed by atoms with van der Waals surface area (Å²) in [4.78, 5) is 67.5. The Labute approximate surface area is 318 Å². The zero-order valence-electron chi connectivity index (χ0n) is 30.6. The summed E-state index contributed by atoms with van der Waals surface area (Å²) in [5.74, 6) is -2.33. The molecule has 4 fully saturated rings. The molecule has 14 nitrogen and oxygen atoms in total. The minimum Gasteiger partial charge on any atom is -0.471 e. The van der Waals surface area contributed by atoms with Crippen LogP contribution in [0, 0.1) is 11.3 Å². The summed E-state index contributed by atoms with van der Waals surface area (Å²) >= 11 is 1.47. The smallest absolute Gasteiger partial charge is 0.408 e. The van der Waals surface area contributed by atoms with Gasteiger partial charge in [-0.2, -0.15) is 0 Å². The van der Waals surface area contributed by atoms with Crippen LogP contribution >= 0.6 is 11.3 Å². The van der Waals surface area contributed by atoms with Crippen LogP contribution in [0.4, 0.5) is 4.79 Å². The Hall–Kier alpha value is -4.57. The van der Waals surface area contributed by atoms with E-state index in [1.54, 1.807) is 20.8 Å². The number of hydrogen-bond acceptors (Lipinski definition) is 11. The largest absolute Gasteiger partial charge is 0.471 e. The van der Waals surface area contributed by atoms with Gasteiger partial charge in [0.2, 0.25) is 27.7 Å². The van der Waals surface area contributed by atoms with Gasteiger partial charge in [-0.05, 0) is 73.9 Å². The minimum absolute atomic E-state index is 0.0101. The van der Waals surface area contributed by atoms with Crippen molar-refractivity contribution in [2.45, 2.75) is 107 Å². The SMILES string of the molecule is C=C[C@@H]1CC1(NC(=O)[C@@H]1C[C@@H](Oc2nc3ccccc3nc2-c2cccs2)CN1C(=O)[C@@H](NC(=O)OC1CCCC1)C(C)(C)C)C(=O)NS(=O)(=O)C1CC1. The number of alkyl carbamates (subject to hydrolysis) is 1. The van der Waals surface area contributed by atoms with Crippen LogP contribution in [0.2, 0.25) is 0 Å². The van der Waals surface area contributed by atoms with Crippen molar-refractivity contribution in [3.05, 3.63) is 54.4 Å². The van der Waals surface area contributed by atoms with Crippen molar-refractivity contribution in [1.29, 1.82) is 0 Å². The van der Waals surface area contributed by atoms with Crippen molar-refractivity contribution >= 4 is 56.2 Å². The Morgan fingerprint density at radius 1 is 1.02 bits per heavy atom. The van der Waals surface area contributed by atoms with E-state index in [9.17, 15) is 27.6 Å². The summed E-state index contributed by atoms with van der Waals surface area (Å²) in [5, 5.41) is 6.86. The molecule has 1 aliphatic heterocycles. The molecule has 3 saturated carbocycles. The lowest BCUT2D eigenvalue weighted by molar-refractivity contribution is -0.143. The first-order valence-corrected chi connectivity index (χ1v) is 20.9. The molecule has 3 N–H and O–H groups in total. The van der Waals surface area contributed by atoms with E-state index in [2.05, 4.69) is 21.9 Å². The number of benzene rings is 1. The second kappa shape index (κ2) is 14.6. The third-order valence-electron chi connectivity index (χ3n) is 10.6. The maximum atomic E-state index is 14.6. The van der Waals surface area contributed by atoms with Crippen LogP contribution in [0.3, 0.4) is 0 Å². The molecule has 3 heterocycles. The molecule has 3 aliphatic carbocycles. The highest BCUT2D eigenvalue weighted by Crippen LogP contribution is 2.46. The van der Waals surface area contributed by atoms with Crippen molar-refractivity contribution in [1.82, 2.24) is 30.2 Å². The number of fused-ring (bicyclic) bond motifs is 1. The fourth-order valence-corrected chi connectivity index (χ4v) is 9.39. The summed E-state index contributed by atoms with van der Waals surface area (Å²) in [6.07, 6.45) is 4.31. The van der Waals surface area contributed by atoms with Crippen LogP contribution in [-0.2, 0) is 29.1 Å². The third kappa shape index (κ3) is 7.81. The van der Waals surface area contributed by atoms with Gasteiger partial charge in [0.15, 0.2) is 0 Å². The predicted molar refractivity (Wildman–Crippen MR) is 202 cm³/mol. The van der Waals surface area contributed by atoms with Crippen molar-refractivity contribution in [3.8, 4) is 16.5 Å². The Kier molecular flexibility index (Phi) is 10.2. The molecule has 3 aromatic rings. The monoisotopic (exact) mass is 778 g/mol. The zero-order valence-corrected chi connectivity index (χ0v) is 32.2. The lowest BCUT2D eigenvalue weighted by Gasteiger charge is -2.35. The van der Waals surface area contributed by atoms with E-state index in [4.69, 9.17) is 19.4 Å². The van der Waals surface area contributed by atoms with E-state index in [1.165, 1.54) is 22.3 Å². The second-order valence-electron chi connectivity index (χ2n) is 15.8. The van der Waals surface area contributed by atoms with Gasteiger partial charge in [0.1, 0.15) is 35.5 Å². The van der Waals surface area contributed by atoms with Gasteiger partial charge in [0.25, 0.3) is 5.91 Å². The third-order valence-corrected chi connectivity index (χ3v) is 13.3. The highest BCUT2D eigenvalue weighted by atomic mass is 32.2. The molecule has 4 amide bonds. The van der Waals surface area contributed by atoms with Crippen LogP contribution in [0.5, 0.6) is 5.88 Å². The molecule has 5 atom stereocenters. The molecular formula is C38H46N6O8S2. The summed E-state index contributed by atoms with van der Waals surface area (Å²) in [6.45, 7) is 9.15. The van der Waals surface area contributed by atoms with Crippen molar-refractivity contribution in [3.63, 3.8) is 0 Å². The quantitative estimate of drug-likeness (QED) is 0.222. The van der Waals surface area contributed by atoms with Gasteiger partial charge >= 0.3 is 6.09 Å². The number of carbonyl (C=O) groups excluding carboxylic acids is 4. The number of rotatable bonds is 12. The number of para-hydroxylation sites is 2. The molecule has 54 heavy (non-hydrogen) atoms. The van der Waals surface area contributed by atoms with Gasteiger partial charge in [0.05, 0.1) is 27.7 Å². The van der Waals surface area contributed by atoms with Crippen LogP contribution < -0.4 is 20.1 Å². The van der Waals surface area contributed by atoms with E-state index in [0.717, 1.165) is 30.6 Å². The van der Waals surface area contributed by atoms with E-state index in [0.29, 0.717) is 29.6 Å². The topological polar surface area (TPSA) is 186 Å². The highest BCUT2D eigenvalue weighted by Gasteiger charge is 2.62. The van der Waals surface area contributed by atoms with E-state index in [-0.39, 0.29) is 31.4 Å². The first-order chi connectivity index (χ1) is 25.7. The number of nitrogens with one attached hydrogen (secondary N) is 3. The first kappa shape index (κ1) is 37.7. The molecule has 288 valence electrons. The van der Waals surface area contributed by atoms with E-state index >= 15 is 0 Å². The maximum Gasteiger partial charge on any atom is 0.408 e. The standard InChI is InChI=1S/C38H46N6O8S2/c1-5-22-20-38(22,35(47)43-54(49,50)25-16-17-25)42-32(45)28-19-24(51-33-30(29-15-10-18-53-29)39-26-13-8-9-14-27(26)40-33)21-44(28)34(46)31(37(2,3)4)41-36(48)52-23-11-6-7-12-23/h5,8-10,13-15,18,22-25,28,31H,1,6-7,11-12,16-17,19-21H2,2-4H3,(H,41,48)(H,42,45)(H,43,47)/t22-,24-,28+,31-,38?/m1/s1. The molecule has 1 aromatic carbocycles. The van der Waals surface area contributed by atoms with Gasteiger partial charge in [-0.15, -0.1) is 17.9 Å². The highest BCUT2D eigenvalue weighted by molar-refractivity contribution is 7.91. The number of amides is 4. The normalized spacial score (nSPS) is 24.8. The summed E-state index contributed by atoms with van der Waals surface area (Å²) in [6, 6.07) is 8.93. The number of carbonyl (C=O) groups is 4. The molecule has 1 saturated heterocycles. The average Bonchev–Trinajstić information content (AvgIpc) is 3.88. The van der Waals surface area contributed by atoms with Gasteiger partial charge < -0.3 is 25.0 Å². The first-order valence-electron chi connectivity index (χ1n) is 18.4. The Balaban J connectivity index is 1.18. The molecule has 16 heteroatoms. The molecular weight excluding hydrogens is 733 g/mol. The second-order valence-corrected chi connectivity index (χ2v) is 18.7. The Morgan fingerprint density at radius 3 is 2.33 bits per heavy atom. The lowest BCUT2D eigenvalue weighted by Crippen LogP contribution is -2.60. The van der Waals surface area contributed by atoms with Crippen LogP contribution in [0.25, 0.3) is 21.6 Å². The molecule has 0 radical (unpaired) electrons. The predicted octanol–water partition coefficient (Wildman–Crippen LogP) is 4.46. The van der Waals surface area contributed by atoms with Crippen LogP contribution in [-0.4, -0.2) is 88.7 Å². The van der Waals surface area contributed by atoms with E-state index in [1.807, 2.05) is 41.8 Å². The molecule has 0 bridgehead atoms. The fourth-order valence-electron chi connectivity index (χ4n) is 7.32. The molecule has 0 spiro atoms. The number of thiophene rings is 1. The number of hydrogen-bond donors (Lipinski definition) is 3. The number of aromatic nitrogens is 2. The molecule has 2 aromatic heterocycles. The Bertz CT molecular complexity index is 2060. The van der Waals surface area contributed by atoms with Gasteiger partial charge in [-0.25, -0.2) is 23.2 Å². The van der Waals surface area contributed by atoms with Gasteiger partial charge in [0, 0.05) is 12.3 Å². The van der Waals surface area contributed by atoms with Crippen molar-refractivity contribution in [2.24, 2.45) is 11.3 Å². The number of nitrogens with zero attached hydrogens (tertiary/aromatic N) is 3. The minimum atomic E-state index is -3.90. The zero-order chi connectivity index (χ0) is 38.4. The van der Waals surface area contributed by atoms with Crippen LogP contribution in [0.15, 0.2) is 54.4 Å². The molecule has 7 rings (SSSR count). The molecule has 4 aliphatic rings. The van der Waals surface area contributed by atoms with Crippen LogP contribution in [0.1, 0.15) is 72.1 Å². The molecule has 1 unspecified atom stereocenters.